The number of carbonyl (C=O) groups is 1. The molecule has 0 fully saturated rings. The zero-order chi connectivity index (χ0) is 8.53. The van der Waals surface area contributed by atoms with Gasteiger partial charge >= 0.3 is 0 Å². The number of likely N-dealkylation sites (N-methyl/N-ethyl adjacent to an activating group) is 1. The summed E-state index contributed by atoms with van der Waals surface area (Å²) in [6.07, 6.45) is 0.926. The van der Waals surface area contributed by atoms with Crippen molar-refractivity contribution in [3.8, 4) is 0 Å². The number of aldehydes is 1. The number of hydrogen-bond acceptors (Lipinski definition) is 3. The maximum absolute atomic E-state index is 10.1. The van der Waals surface area contributed by atoms with Gasteiger partial charge in [0.2, 0.25) is 0 Å². The smallest absolute Gasteiger partial charge is 0.133 e. The first kappa shape index (κ1) is 10.6. The van der Waals surface area contributed by atoms with Gasteiger partial charge in [0.15, 0.2) is 0 Å². The number of hydrogen-bond donors (Lipinski definition) is 0. The van der Waals surface area contributed by atoms with Crippen LogP contribution in [0.5, 0.6) is 0 Å². The van der Waals surface area contributed by atoms with Crippen molar-refractivity contribution < 1.29 is 9.53 Å². The summed E-state index contributed by atoms with van der Waals surface area (Å²) < 4.78 is 5.15. The molecule has 0 aliphatic rings. The van der Waals surface area contributed by atoms with Gasteiger partial charge in [0.25, 0.3) is 0 Å². The Balaban J connectivity index is 3.27. The van der Waals surface area contributed by atoms with Gasteiger partial charge in [-0.15, -0.1) is 0 Å². The summed E-state index contributed by atoms with van der Waals surface area (Å²) in [5, 5.41) is 0. The molecule has 0 unspecified atom stereocenters. The molecule has 0 spiro atoms. The standard InChI is InChI=1S/C8H17NO2/c1-3-9(5-7-10)6-8-11-4-2/h7H,3-6,8H2,1-2H3. The third-order valence-corrected chi connectivity index (χ3v) is 1.54. The summed E-state index contributed by atoms with van der Waals surface area (Å²) in [5.74, 6) is 0. The Morgan fingerprint density at radius 3 is 2.64 bits per heavy atom. The molecule has 0 N–H and O–H groups in total. The van der Waals surface area contributed by atoms with Crippen molar-refractivity contribution in [2.75, 3.05) is 32.8 Å². The van der Waals surface area contributed by atoms with Crippen LogP contribution in [-0.4, -0.2) is 44.0 Å². The minimum atomic E-state index is 0.517. The molecule has 0 rings (SSSR count). The van der Waals surface area contributed by atoms with Gasteiger partial charge in [-0.3, -0.25) is 4.90 Å². The minimum Gasteiger partial charge on any atom is -0.380 e. The molecule has 11 heavy (non-hydrogen) atoms. The summed E-state index contributed by atoms with van der Waals surface area (Å²) in [5.41, 5.74) is 0. The predicted octanol–water partition coefficient (Wildman–Crippen LogP) is 0.544. The van der Waals surface area contributed by atoms with Crippen LogP contribution in [0.15, 0.2) is 0 Å². The third-order valence-electron chi connectivity index (χ3n) is 1.54. The molecule has 66 valence electrons. The largest absolute Gasteiger partial charge is 0.380 e. The molecule has 0 aromatic rings. The first-order valence-corrected chi connectivity index (χ1v) is 4.08. The van der Waals surface area contributed by atoms with Crippen molar-refractivity contribution in [1.82, 2.24) is 4.90 Å². The molecule has 0 aromatic heterocycles. The van der Waals surface area contributed by atoms with E-state index in [2.05, 4.69) is 0 Å². The molecule has 0 saturated heterocycles. The summed E-state index contributed by atoms with van der Waals surface area (Å²) in [6, 6.07) is 0. The number of carbonyl (C=O) groups excluding carboxylic acids is 1. The normalized spacial score (nSPS) is 10.5. The van der Waals surface area contributed by atoms with Crippen LogP contribution >= 0.6 is 0 Å². The fourth-order valence-electron chi connectivity index (χ4n) is 0.822. The highest BCUT2D eigenvalue weighted by Gasteiger charge is 1.98. The van der Waals surface area contributed by atoms with Crippen molar-refractivity contribution in [3.63, 3.8) is 0 Å². The SMILES string of the molecule is CCOCCN(CC)CC=O. The van der Waals surface area contributed by atoms with E-state index in [1.54, 1.807) is 0 Å². The van der Waals surface area contributed by atoms with Crippen LogP contribution in [0.4, 0.5) is 0 Å². The highest BCUT2D eigenvalue weighted by atomic mass is 16.5. The van der Waals surface area contributed by atoms with E-state index in [1.165, 1.54) is 0 Å². The zero-order valence-corrected chi connectivity index (χ0v) is 7.38. The Labute approximate surface area is 68.3 Å². The van der Waals surface area contributed by atoms with E-state index in [9.17, 15) is 4.79 Å². The van der Waals surface area contributed by atoms with Gasteiger partial charge in [-0.25, -0.2) is 0 Å². The average molecular weight is 159 g/mol. The van der Waals surface area contributed by atoms with E-state index in [0.717, 1.165) is 32.6 Å². The molecule has 0 bridgehead atoms. The second kappa shape index (κ2) is 7.69. The summed E-state index contributed by atoms with van der Waals surface area (Å²) in [6.45, 7) is 7.75. The number of nitrogens with zero attached hydrogens (tertiary/aromatic N) is 1. The third kappa shape index (κ3) is 6.01. The van der Waals surface area contributed by atoms with Crippen LogP contribution in [0.1, 0.15) is 13.8 Å². The zero-order valence-electron chi connectivity index (χ0n) is 7.38. The maximum atomic E-state index is 10.1. The van der Waals surface area contributed by atoms with Gasteiger partial charge in [0.05, 0.1) is 13.2 Å². The molecular formula is C8H17NO2. The molecule has 0 aliphatic carbocycles. The van der Waals surface area contributed by atoms with Gasteiger partial charge in [0, 0.05) is 13.2 Å². The topological polar surface area (TPSA) is 29.5 Å². The van der Waals surface area contributed by atoms with E-state index >= 15 is 0 Å². The van der Waals surface area contributed by atoms with E-state index in [4.69, 9.17) is 4.74 Å². The Morgan fingerprint density at radius 1 is 1.45 bits per heavy atom. The van der Waals surface area contributed by atoms with E-state index in [0.29, 0.717) is 6.54 Å². The average Bonchev–Trinajstić information content (AvgIpc) is 2.03. The molecule has 0 saturated carbocycles. The minimum absolute atomic E-state index is 0.517. The van der Waals surface area contributed by atoms with E-state index < -0.39 is 0 Å². The number of ether oxygens (including phenoxy) is 1. The second-order valence-corrected chi connectivity index (χ2v) is 2.26. The van der Waals surface area contributed by atoms with Crippen LogP contribution < -0.4 is 0 Å². The van der Waals surface area contributed by atoms with Crippen LogP contribution in [0.2, 0.25) is 0 Å². The summed E-state index contributed by atoms with van der Waals surface area (Å²) >= 11 is 0. The van der Waals surface area contributed by atoms with Crippen LogP contribution in [0.3, 0.4) is 0 Å². The van der Waals surface area contributed by atoms with Gasteiger partial charge in [-0.1, -0.05) is 6.92 Å². The Hall–Kier alpha value is -0.410. The van der Waals surface area contributed by atoms with Crippen molar-refractivity contribution in [1.29, 1.82) is 0 Å². The Bertz CT molecular complexity index is 96.1. The molecule has 0 amide bonds. The lowest BCUT2D eigenvalue weighted by molar-refractivity contribution is -0.109. The van der Waals surface area contributed by atoms with E-state index in [1.807, 2.05) is 18.7 Å². The monoisotopic (exact) mass is 159 g/mol. The van der Waals surface area contributed by atoms with Crippen molar-refractivity contribution >= 4 is 6.29 Å². The lowest BCUT2D eigenvalue weighted by atomic mass is 10.5. The fraction of sp³-hybridized carbons (Fsp3) is 0.875. The molecule has 0 aromatic carbocycles. The first-order valence-electron chi connectivity index (χ1n) is 4.08. The predicted molar refractivity (Wildman–Crippen MR) is 44.7 cm³/mol. The quantitative estimate of drug-likeness (QED) is 0.401. The Kier molecular flexibility index (Phi) is 7.41. The number of rotatable bonds is 7. The summed E-state index contributed by atoms with van der Waals surface area (Å²) in [7, 11) is 0. The van der Waals surface area contributed by atoms with Crippen molar-refractivity contribution in [2.24, 2.45) is 0 Å². The fourth-order valence-corrected chi connectivity index (χ4v) is 0.822. The van der Waals surface area contributed by atoms with Gasteiger partial charge in [-0.05, 0) is 13.5 Å². The molecule has 3 heteroatoms. The highest BCUT2D eigenvalue weighted by Crippen LogP contribution is 1.85. The molecule has 0 atom stereocenters. The molecule has 0 heterocycles. The van der Waals surface area contributed by atoms with Gasteiger partial charge in [0.1, 0.15) is 6.29 Å². The molecule has 0 radical (unpaired) electrons. The van der Waals surface area contributed by atoms with Crippen LogP contribution in [0, 0.1) is 0 Å². The van der Waals surface area contributed by atoms with Crippen molar-refractivity contribution in [2.45, 2.75) is 13.8 Å². The maximum Gasteiger partial charge on any atom is 0.133 e. The lowest BCUT2D eigenvalue weighted by Crippen LogP contribution is -2.29. The van der Waals surface area contributed by atoms with Crippen LogP contribution in [-0.2, 0) is 9.53 Å². The Morgan fingerprint density at radius 2 is 2.18 bits per heavy atom. The van der Waals surface area contributed by atoms with Crippen molar-refractivity contribution in [3.05, 3.63) is 0 Å². The van der Waals surface area contributed by atoms with E-state index in [-0.39, 0.29) is 0 Å². The van der Waals surface area contributed by atoms with Gasteiger partial charge < -0.3 is 9.53 Å². The van der Waals surface area contributed by atoms with Crippen LogP contribution in [0.25, 0.3) is 0 Å². The molecule has 0 aliphatic heterocycles. The summed E-state index contributed by atoms with van der Waals surface area (Å²) in [4.78, 5) is 12.2. The second-order valence-electron chi connectivity index (χ2n) is 2.26. The molecular weight excluding hydrogens is 142 g/mol. The first-order chi connectivity index (χ1) is 5.35. The van der Waals surface area contributed by atoms with Gasteiger partial charge in [-0.2, -0.15) is 0 Å². The highest BCUT2D eigenvalue weighted by molar-refractivity contribution is 5.51. The molecule has 3 nitrogen and oxygen atoms in total. The lowest BCUT2D eigenvalue weighted by Gasteiger charge is -2.16.